The van der Waals surface area contributed by atoms with Crippen molar-refractivity contribution in [2.45, 2.75) is 19.8 Å². The number of benzene rings is 2. The molecule has 2 aromatic carbocycles. The van der Waals surface area contributed by atoms with Gasteiger partial charge >= 0.3 is 0 Å². The second-order valence-corrected chi connectivity index (χ2v) is 4.41. The summed E-state index contributed by atoms with van der Waals surface area (Å²) in [5.41, 5.74) is 2.58. The van der Waals surface area contributed by atoms with E-state index in [4.69, 9.17) is 0 Å². The third-order valence-electron chi connectivity index (χ3n) is 2.99. The van der Waals surface area contributed by atoms with Crippen LogP contribution in [-0.2, 0) is 17.6 Å². The van der Waals surface area contributed by atoms with E-state index in [9.17, 15) is 9.18 Å². The summed E-state index contributed by atoms with van der Waals surface area (Å²) in [6.07, 6.45) is 0.516. The minimum absolute atomic E-state index is 0.0365. The fourth-order valence-corrected chi connectivity index (χ4v) is 1.94. The van der Waals surface area contributed by atoms with Crippen LogP contribution >= 0.6 is 0 Å². The van der Waals surface area contributed by atoms with E-state index in [1.165, 1.54) is 6.07 Å². The molecule has 0 aliphatic heterocycles. The fourth-order valence-electron chi connectivity index (χ4n) is 1.94. The highest BCUT2D eigenvalue weighted by Crippen LogP contribution is 2.12. The van der Waals surface area contributed by atoms with E-state index < -0.39 is 0 Å². The number of ketones is 1. The smallest absolute Gasteiger partial charge is 0.141 e. The zero-order valence-corrected chi connectivity index (χ0v) is 10.3. The number of carbonyl (C=O) groups excluding carboxylic acids is 1. The van der Waals surface area contributed by atoms with Gasteiger partial charge in [-0.15, -0.1) is 0 Å². The summed E-state index contributed by atoms with van der Waals surface area (Å²) in [4.78, 5) is 11.9. The molecule has 0 aliphatic rings. The van der Waals surface area contributed by atoms with Gasteiger partial charge in [-0.1, -0.05) is 42.5 Å². The van der Waals surface area contributed by atoms with Crippen LogP contribution in [-0.4, -0.2) is 5.78 Å². The van der Waals surface area contributed by atoms with Gasteiger partial charge in [0.05, 0.1) is 0 Å². The van der Waals surface area contributed by atoms with Gasteiger partial charge in [-0.25, -0.2) is 4.39 Å². The lowest BCUT2D eigenvalue weighted by atomic mass is 9.99. The molecule has 0 unspecified atom stereocenters. The number of aryl methyl sites for hydroxylation is 1. The van der Waals surface area contributed by atoms with Crippen molar-refractivity contribution in [3.05, 3.63) is 71.0 Å². The third-order valence-corrected chi connectivity index (χ3v) is 2.99. The minimum atomic E-state index is -0.310. The Hall–Kier alpha value is -1.96. The van der Waals surface area contributed by atoms with Crippen LogP contribution in [0.2, 0.25) is 0 Å². The molecule has 0 aromatic heterocycles. The first kappa shape index (κ1) is 12.5. The maximum absolute atomic E-state index is 13.4. The van der Waals surface area contributed by atoms with Gasteiger partial charge in [-0.3, -0.25) is 4.79 Å². The Morgan fingerprint density at radius 1 is 0.944 bits per heavy atom. The van der Waals surface area contributed by atoms with E-state index in [1.54, 1.807) is 18.2 Å². The van der Waals surface area contributed by atoms with E-state index in [-0.39, 0.29) is 18.0 Å². The molecule has 1 nitrogen and oxygen atoms in total. The molecule has 92 valence electrons. The van der Waals surface area contributed by atoms with Crippen molar-refractivity contribution < 1.29 is 9.18 Å². The number of Topliss-reactive ketones (excluding diaryl/α,β-unsaturated/α-hetero) is 1. The van der Waals surface area contributed by atoms with Crippen LogP contribution in [0.5, 0.6) is 0 Å². The van der Waals surface area contributed by atoms with Gasteiger partial charge in [0, 0.05) is 12.8 Å². The summed E-state index contributed by atoms with van der Waals surface area (Å²) in [5.74, 6) is -0.273. The van der Waals surface area contributed by atoms with Gasteiger partial charge in [0.1, 0.15) is 11.6 Å². The molecule has 2 heteroatoms. The largest absolute Gasteiger partial charge is 0.299 e. The first-order chi connectivity index (χ1) is 8.66. The van der Waals surface area contributed by atoms with Crippen molar-refractivity contribution >= 4 is 5.78 Å². The molecule has 0 saturated heterocycles. The van der Waals surface area contributed by atoms with Crippen LogP contribution in [0.4, 0.5) is 4.39 Å². The topological polar surface area (TPSA) is 17.1 Å². The Morgan fingerprint density at radius 2 is 1.50 bits per heavy atom. The molecule has 0 N–H and O–H groups in total. The van der Waals surface area contributed by atoms with Crippen molar-refractivity contribution in [1.82, 2.24) is 0 Å². The number of rotatable bonds is 4. The van der Waals surface area contributed by atoms with Crippen molar-refractivity contribution in [3.8, 4) is 0 Å². The van der Waals surface area contributed by atoms with E-state index in [0.717, 1.165) is 11.1 Å². The summed E-state index contributed by atoms with van der Waals surface area (Å²) >= 11 is 0. The summed E-state index contributed by atoms with van der Waals surface area (Å²) in [6, 6.07) is 14.2. The molecule has 2 rings (SSSR count). The molecule has 0 saturated carbocycles. The van der Waals surface area contributed by atoms with Crippen molar-refractivity contribution in [3.63, 3.8) is 0 Å². The van der Waals surface area contributed by atoms with E-state index >= 15 is 0 Å². The third kappa shape index (κ3) is 3.04. The first-order valence-electron chi connectivity index (χ1n) is 5.96. The molecule has 0 bridgehead atoms. The Bertz CT molecular complexity index is 511. The van der Waals surface area contributed by atoms with Crippen molar-refractivity contribution in [2.24, 2.45) is 0 Å². The normalized spacial score (nSPS) is 10.3. The Balaban J connectivity index is 2.06. The molecule has 0 spiro atoms. The highest BCUT2D eigenvalue weighted by molar-refractivity contribution is 5.83. The Kier molecular flexibility index (Phi) is 3.88. The summed E-state index contributed by atoms with van der Waals surface area (Å²) in [5, 5.41) is 0. The first-order valence-corrected chi connectivity index (χ1v) is 5.96. The molecular formula is C16H15FO. The van der Waals surface area contributed by atoms with Crippen LogP contribution in [0, 0.1) is 12.7 Å². The molecule has 0 radical (unpaired) electrons. The average Bonchev–Trinajstić information content (AvgIpc) is 2.35. The molecule has 2 aromatic rings. The molecule has 0 atom stereocenters. The standard InChI is InChI=1S/C16H15FO/c1-12-6-2-3-7-13(12)10-15(18)11-14-8-4-5-9-16(14)17/h2-9H,10-11H2,1H3. The Labute approximate surface area is 106 Å². The number of halogens is 1. The molecule has 0 aliphatic carbocycles. The maximum atomic E-state index is 13.4. The molecule has 0 heterocycles. The summed E-state index contributed by atoms with van der Waals surface area (Å²) in [7, 11) is 0. The number of carbonyl (C=O) groups is 1. The van der Waals surface area contributed by atoms with Crippen LogP contribution in [0.3, 0.4) is 0 Å². The SMILES string of the molecule is Cc1ccccc1CC(=O)Cc1ccccc1F. The highest BCUT2D eigenvalue weighted by atomic mass is 19.1. The predicted molar refractivity (Wildman–Crippen MR) is 70.0 cm³/mol. The average molecular weight is 242 g/mol. The van der Waals surface area contributed by atoms with Crippen LogP contribution in [0.1, 0.15) is 16.7 Å². The van der Waals surface area contributed by atoms with Gasteiger partial charge in [0.15, 0.2) is 0 Å². The summed E-state index contributed by atoms with van der Waals surface area (Å²) in [6.45, 7) is 1.98. The minimum Gasteiger partial charge on any atom is -0.299 e. The molecule has 0 amide bonds. The van der Waals surface area contributed by atoms with E-state index in [1.807, 2.05) is 31.2 Å². The van der Waals surface area contributed by atoms with Crippen molar-refractivity contribution in [2.75, 3.05) is 0 Å². The number of hydrogen-bond acceptors (Lipinski definition) is 1. The second-order valence-electron chi connectivity index (χ2n) is 4.41. The lowest BCUT2D eigenvalue weighted by Gasteiger charge is -2.05. The van der Waals surface area contributed by atoms with Gasteiger partial charge in [-0.05, 0) is 29.7 Å². The van der Waals surface area contributed by atoms with Gasteiger partial charge in [-0.2, -0.15) is 0 Å². The zero-order chi connectivity index (χ0) is 13.0. The molecule has 18 heavy (non-hydrogen) atoms. The lowest BCUT2D eigenvalue weighted by Crippen LogP contribution is -2.08. The lowest BCUT2D eigenvalue weighted by molar-refractivity contribution is -0.117. The predicted octanol–water partition coefficient (Wildman–Crippen LogP) is 3.49. The van der Waals surface area contributed by atoms with Gasteiger partial charge in [0.2, 0.25) is 0 Å². The number of hydrogen-bond donors (Lipinski definition) is 0. The second kappa shape index (κ2) is 5.58. The monoisotopic (exact) mass is 242 g/mol. The van der Waals surface area contributed by atoms with Crippen LogP contribution in [0.25, 0.3) is 0 Å². The van der Waals surface area contributed by atoms with Gasteiger partial charge < -0.3 is 0 Å². The highest BCUT2D eigenvalue weighted by Gasteiger charge is 2.09. The van der Waals surface area contributed by atoms with E-state index in [2.05, 4.69) is 0 Å². The van der Waals surface area contributed by atoms with Gasteiger partial charge in [0.25, 0.3) is 0 Å². The van der Waals surface area contributed by atoms with Crippen molar-refractivity contribution in [1.29, 1.82) is 0 Å². The zero-order valence-electron chi connectivity index (χ0n) is 10.3. The maximum Gasteiger partial charge on any atom is 0.141 e. The quantitative estimate of drug-likeness (QED) is 0.802. The molecular weight excluding hydrogens is 227 g/mol. The molecule has 0 fully saturated rings. The van der Waals surface area contributed by atoms with Crippen LogP contribution < -0.4 is 0 Å². The Morgan fingerprint density at radius 3 is 2.17 bits per heavy atom. The van der Waals surface area contributed by atoms with Crippen LogP contribution in [0.15, 0.2) is 48.5 Å². The van der Waals surface area contributed by atoms with E-state index in [0.29, 0.717) is 12.0 Å². The summed E-state index contributed by atoms with van der Waals surface area (Å²) < 4.78 is 13.4. The fraction of sp³-hybridized carbons (Fsp3) is 0.188.